The van der Waals surface area contributed by atoms with E-state index in [0.29, 0.717) is 11.5 Å². The molecule has 27 heavy (non-hydrogen) atoms. The second kappa shape index (κ2) is 6.53. The molecule has 4 N–H and O–H groups in total. The van der Waals surface area contributed by atoms with Crippen LogP contribution in [0.1, 0.15) is 47.8 Å². The highest BCUT2D eigenvalue weighted by Gasteiger charge is 2.25. The van der Waals surface area contributed by atoms with Gasteiger partial charge in [0, 0.05) is 17.8 Å². The summed E-state index contributed by atoms with van der Waals surface area (Å²) in [6, 6.07) is 9.03. The Morgan fingerprint density at radius 2 is 2.00 bits per heavy atom. The topological polar surface area (TPSA) is 82.9 Å². The first-order valence-electron chi connectivity index (χ1n) is 9.89. The molecule has 0 aliphatic carbocycles. The number of nitrogens with one attached hydrogen (secondary N) is 2. The number of anilines is 2. The van der Waals surface area contributed by atoms with Gasteiger partial charge in [-0.3, -0.25) is 4.90 Å². The zero-order chi connectivity index (χ0) is 18.4. The maximum atomic E-state index is 6.04. The lowest BCUT2D eigenvalue weighted by Crippen LogP contribution is -2.29. The minimum absolute atomic E-state index is 0.192. The minimum Gasteiger partial charge on any atom is -0.384 e. The largest absolute Gasteiger partial charge is 0.384 e. The van der Waals surface area contributed by atoms with Gasteiger partial charge in [-0.05, 0) is 62.5 Å². The molecule has 5 rings (SSSR count). The molecule has 0 bridgehead atoms. The van der Waals surface area contributed by atoms with Gasteiger partial charge in [0.05, 0.1) is 11.6 Å². The fourth-order valence-electron chi connectivity index (χ4n) is 4.50. The minimum atomic E-state index is 0.192. The standard InChI is InChI=1S/C21H26N6/c1-13-23-20-16(11-19(22)26-21(20)24-13)18-10-15-9-14(5-6-17(15)25-18)12-27-7-3-2-4-8-27/h5-6,9,11,18,25H,2-4,7-8,10,12H2,1H3,(H3,22,23,24,26). The lowest BCUT2D eigenvalue weighted by Gasteiger charge is -2.26. The van der Waals surface area contributed by atoms with Crippen LogP contribution >= 0.6 is 0 Å². The smallest absolute Gasteiger partial charge is 0.180 e. The molecule has 6 heteroatoms. The molecular weight excluding hydrogens is 336 g/mol. The van der Waals surface area contributed by atoms with Gasteiger partial charge in [-0.25, -0.2) is 9.97 Å². The van der Waals surface area contributed by atoms with E-state index >= 15 is 0 Å². The van der Waals surface area contributed by atoms with E-state index in [9.17, 15) is 0 Å². The van der Waals surface area contributed by atoms with E-state index in [1.54, 1.807) is 0 Å². The van der Waals surface area contributed by atoms with Crippen LogP contribution in [0.15, 0.2) is 24.3 Å². The van der Waals surface area contributed by atoms with Crippen LogP contribution in [-0.2, 0) is 13.0 Å². The molecule has 1 fully saturated rings. The number of nitrogens with two attached hydrogens (primary N) is 1. The van der Waals surface area contributed by atoms with Crippen LogP contribution in [0.2, 0.25) is 0 Å². The van der Waals surface area contributed by atoms with Crippen molar-refractivity contribution in [2.24, 2.45) is 0 Å². The van der Waals surface area contributed by atoms with Crippen molar-refractivity contribution >= 4 is 22.7 Å². The lowest BCUT2D eigenvalue weighted by atomic mass is 10.0. The SMILES string of the molecule is Cc1nc2nc(N)cc(C3Cc4cc(CN5CCCCC5)ccc4N3)c2[nH]1. The van der Waals surface area contributed by atoms with Crippen LogP contribution in [0, 0.1) is 6.92 Å². The number of rotatable bonds is 3. The molecule has 1 unspecified atom stereocenters. The van der Waals surface area contributed by atoms with Crippen LogP contribution in [0.25, 0.3) is 11.2 Å². The Balaban J connectivity index is 1.40. The highest BCUT2D eigenvalue weighted by molar-refractivity contribution is 5.79. The van der Waals surface area contributed by atoms with Crippen LogP contribution in [-0.4, -0.2) is 32.9 Å². The zero-order valence-electron chi connectivity index (χ0n) is 15.8. The molecule has 140 valence electrons. The zero-order valence-corrected chi connectivity index (χ0v) is 15.8. The molecular formula is C21H26N6. The van der Waals surface area contributed by atoms with Crippen molar-refractivity contribution in [2.75, 3.05) is 24.1 Å². The number of aromatic nitrogens is 3. The lowest BCUT2D eigenvalue weighted by molar-refractivity contribution is 0.221. The van der Waals surface area contributed by atoms with Crippen molar-refractivity contribution in [3.8, 4) is 0 Å². The summed E-state index contributed by atoms with van der Waals surface area (Å²) in [6.07, 6.45) is 5.00. The Hall–Kier alpha value is -2.60. The first-order valence-corrected chi connectivity index (χ1v) is 9.89. The fourth-order valence-corrected chi connectivity index (χ4v) is 4.50. The number of imidazole rings is 1. The van der Waals surface area contributed by atoms with E-state index in [2.05, 4.69) is 43.4 Å². The Morgan fingerprint density at radius 1 is 1.15 bits per heavy atom. The molecule has 0 amide bonds. The molecule has 3 aromatic rings. The van der Waals surface area contributed by atoms with Gasteiger partial charge in [0.2, 0.25) is 0 Å². The maximum Gasteiger partial charge on any atom is 0.180 e. The Kier molecular flexibility index (Phi) is 4.01. The van der Waals surface area contributed by atoms with Gasteiger partial charge in [-0.1, -0.05) is 18.6 Å². The fraction of sp³-hybridized carbons (Fsp3) is 0.429. The van der Waals surface area contributed by atoms with Gasteiger partial charge >= 0.3 is 0 Å². The summed E-state index contributed by atoms with van der Waals surface area (Å²) in [7, 11) is 0. The molecule has 6 nitrogen and oxygen atoms in total. The first kappa shape index (κ1) is 16.6. The maximum absolute atomic E-state index is 6.04. The van der Waals surface area contributed by atoms with Crippen molar-refractivity contribution in [1.82, 2.24) is 19.9 Å². The second-order valence-electron chi connectivity index (χ2n) is 7.89. The summed E-state index contributed by atoms with van der Waals surface area (Å²) < 4.78 is 0. The van der Waals surface area contributed by atoms with E-state index in [-0.39, 0.29) is 6.04 Å². The monoisotopic (exact) mass is 362 g/mol. The summed E-state index contributed by atoms with van der Waals surface area (Å²) in [5.74, 6) is 1.39. The molecule has 2 aliphatic rings. The van der Waals surface area contributed by atoms with Gasteiger partial charge in [0.1, 0.15) is 11.6 Å². The van der Waals surface area contributed by atoms with Crippen molar-refractivity contribution < 1.29 is 0 Å². The second-order valence-corrected chi connectivity index (χ2v) is 7.89. The molecule has 4 heterocycles. The Bertz CT molecular complexity index is 986. The summed E-state index contributed by atoms with van der Waals surface area (Å²) in [5, 5.41) is 3.67. The number of hydrogen-bond acceptors (Lipinski definition) is 5. The number of nitrogens with zero attached hydrogens (tertiary/aromatic N) is 3. The average Bonchev–Trinajstić information content (AvgIpc) is 3.24. The summed E-state index contributed by atoms with van der Waals surface area (Å²) in [6.45, 7) is 5.46. The number of nitrogen functional groups attached to an aromatic ring is 1. The van der Waals surface area contributed by atoms with E-state index in [0.717, 1.165) is 29.9 Å². The average molecular weight is 362 g/mol. The molecule has 0 spiro atoms. The molecule has 1 atom stereocenters. The third kappa shape index (κ3) is 3.14. The molecule has 2 aromatic heterocycles. The highest BCUT2D eigenvalue weighted by atomic mass is 15.1. The number of likely N-dealkylation sites (tertiary alicyclic amines) is 1. The third-order valence-electron chi connectivity index (χ3n) is 5.78. The molecule has 1 saturated heterocycles. The number of benzene rings is 1. The van der Waals surface area contributed by atoms with E-state index in [4.69, 9.17) is 5.73 Å². The number of fused-ring (bicyclic) bond motifs is 2. The van der Waals surface area contributed by atoms with Crippen LogP contribution in [0.3, 0.4) is 0 Å². The van der Waals surface area contributed by atoms with Crippen LogP contribution < -0.4 is 11.1 Å². The summed E-state index contributed by atoms with van der Waals surface area (Å²) in [4.78, 5) is 14.7. The van der Waals surface area contributed by atoms with Crippen LogP contribution in [0.4, 0.5) is 11.5 Å². The summed E-state index contributed by atoms with van der Waals surface area (Å²) in [5.41, 5.74) is 12.9. The van der Waals surface area contributed by atoms with Gasteiger partial charge < -0.3 is 16.0 Å². The normalized spacial score (nSPS) is 20.0. The van der Waals surface area contributed by atoms with Crippen LogP contribution in [0.5, 0.6) is 0 Å². The number of aryl methyl sites for hydroxylation is 1. The first-order chi connectivity index (χ1) is 13.2. The quantitative estimate of drug-likeness (QED) is 0.664. The van der Waals surface area contributed by atoms with Crippen molar-refractivity contribution in [3.05, 3.63) is 46.8 Å². The van der Waals surface area contributed by atoms with Crippen molar-refractivity contribution in [1.29, 1.82) is 0 Å². The number of aromatic amines is 1. The third-order valence-corrected chi connectivity index (χ3v) is 5.78. The van der Waals surface area contributed by atoms with E-state index in [1.807, 2.05) is 13.0 Å². The number of H-pyrrole nitrogens is 1. The van der Waals surface area contributed by atoms with Gasteiger partial charge in [0.15, 0.2) is 5.65 Å². The van der Waals surface area contributed by atoms with Crippen molar-refractivity contribution in [3.63, 3.8) is 0 Å². The predicted octanol–water partition coefficient (Wildman–Crippen LogP) is 3.54. The Morgan fingerprint density at radius 3 is 2.85 bits per heavy atom. The molecule has 0 saturated carbocycles. The molecule has 1 aromatic carbocycles. The number of piperidine rings is 1. The molecule has 0 radical (unpaired) electrons. The number of hydrogen-bond donors (Lipinski definition) is 3. The van der Waals surface area contributed by atoms with Crippen molar-refractivity contribution in [2.45, 2.75) is 45.2 Å². The number of pyridine rings is 1. The van der Waals surface area contributed by atoms with E-state index < -0.39 is 0 Å². The molecule has 2 aliphatic heterocycles. The predicted molar refractivity (Wildman–Crippen MR) is 109 cm³/mol. The van der Waals surface area contributed by atoms with Gasteiger partial charge in [-0.2, -0.15) is 0 Å². The highest BCUT2D eigenvalue weighted by Crippen LogP contribution is 2.37. The van der Waals surface area contributed by atoms with E-state index in [1.165, 1.54) is 49.2 Å². The Labute approximate surface area is 159 Å². The summed E-state index contributed by atoms with van der Waals surface area (Å²) >= 11 is 0. The van der Waals surface area contributed by atoms with Gasteiger partial charge in [0.25, 0.3) is 0 Å². The van der Waals surface area contributed by atoms with Gasteiger partial charge in [-0.15, -0.1) is 0 Å².